The highest BCUT2D eigenvalue weighted by molar-refractivity contribution is 5.44. The van der Waals surface area contributed by atoms with Crippen molar-refractivity contribution in [1.29, 1.82) is 0 Å². The number of nitrogen functional groups attached to an aromatic ring is 1. The van der Waals surface area contributed by atoms with Crippen LogP contribution in [0.3, 0.4) is 0 Å². The molecule has 1 rings (SSSR count). The molecule has 0 atom stereocenters. The van der Waals surface area contributed by atoms with Gasteiger partial charge in [0.05, 0.1) is 0 Å². The summed E-state index contributed by atoms with van der Waals surface area (Å²) in [6, 6.07) is 1.97. The zero-order chi connectivity index (χ0) is 11.6. The minimum Gasteiger partial charge on any atom is -0.394 e. The lowest BCUT2D eigenvalue weighted by Gasteiger charge is -2.13. The number of anilines is 1. The van der Waals surface area contributed by atoms with Crippen LogP contribution < -0.4 is 11.3 Å². The van der Waals surface area contributed by atoms with Gasteiger partial charge >= 0.3 is 0 Å². The Labute approximate surface area is 90.9 Å². The summed E-state index contributed by atoms with van der Waals surface area (Å²) >= 11 is 0. The van der Waals surface area contributed by atoms with Crippen molar-refractivity contribution in [2.75, 3.05) is 5.73 Å². The average molecular weight is 208 g/mol. The molecule has 0 amide bonds. The van der Waals surface area contributed by atoms with Crippen molar-refractivity contribution >= 4 is 5.69 Å². The van der Waals surface area contributed by atoms with Crippen LogP contribution in [0.15, 0.2) is 10.9 Å². The maximum absolute atomic E-state index is 11.9. The maximum atomic E-state index is 11.9. The summed E-state index contributed by atoms with van der Waals surface area (Å²) in [4.78, 5) is 11.9. The SMILES string of the molecule is Cc1cc(C)n(CCC(C)C)c(=O)c1N. The fraction of sp³-hybridized carbons (Fsp3) is 0.583. The molecular formula is C12H20N2O. The zero-order valence-electron chi connectivity index (χ0n) is 10.0. The van der Waals surface area contributed by atoms with Crippen LogP contribution in [-0.2, 0) is 6.54 Å². The molecular weight excluding hydrogens is 188 g/mol. The number of hydrogen-bond donors (Lipinski definition) is 1. The monoisotopic (exact) mass is 208 g/mol. The minimum absolute atomic E-state index is 0.0480. The smallest absolute Gasteiger partial charge is 0.274 e. The second-order valence-electron chi connectivity index (χ2n) is 4.52. The molecule has 84 valence electrons. The number of nitrogens with two attached hydrogens (primary N) is 1. The third-order valence-corrected chi connectivity index (χ3v) is 2.68. The van der Waals surface area contributed by atoms with E-state index in [-0.39, 0.29) is 5.56 Å². The Balaban J connectivity index is 3.08. The number of hydrogen-bond acceptors (Lipinski definition) is 2. The van der Waals surface area contributed by atoms with Crippen LogP contribution in [-0.4, -0.2) is 4.57 Å². The highest BCUT2D eigenvalue weighted by Gasteiger charge is 2.07. The van der Waals surface area contributed by atoms with E-state index < -0.39 is 0 Å². The summed E-state index contributed by atoms with van der Waals surface area (Å²) in [5.74, 6) is 0.596. The van der Waals surface area contributed by atoms with Gasteiger partial charge in [0.1, 0.15) is 5.69 Å². The van der Waals surface area contributed by atoms with Crippen LogP contribution in [0.2, 0.25) is 0 Å². The van der Waals surface area contributed by atoms with Gasteiger partial charge < -0.3 is 10.3 Å². The quantitative estimate of drug-likeness (QED) is 0.826. The highest BCUT2D eigenvalue weighted by Crippen LogP contribution is 2.09. The fourth-order valence-electron chi connectivity index (χ4n) is 1.61. The van der Waals surface area contributed by atoms with Gasteiger partial charge in [-0.3, -0.25) is 4.79 Å². The maximum Gasteiger partial charge on any atom is 0.274 e. The first-order valence-electron chi connectivity index (χ1n) is 5.40. The summed E-state index contributed by atoms with van der Waals surface area (Å²) in [6.45, 7) is 8.88. The molecule has 0 fully saturated rings. The molecule has 0 aliphatic rings. The average Bonchev–Trinajstić information content (AvgIpc) is 2.14. The van der Waals surface area contributed by atoms with Gasteiger partial charge in [-0.25, -0.2) is 0 Å². The van der Waals surface area contributed by atoms with Crippen LogP contribution in [0.25, 0.3) is 0 Å². The first-order valence-corrected chi connectivity index (χ1v) is 5.40. The number of aryl methyl sites for hydroxylation is 2. The largest absolute Gasteiger partial charge is 0.394 e. The Morgan fingerprint density at radius 3 is 2.53 bits per heavy atom. The van der Waals surface area contributed by atoms with E-state index >= 15 is 0 Å². The van der Waals surface area contributed by atoms with Crippen LogP contribution in [0.5, 0.6) is 0 Å². The number of rotatable bonds is 3. The summed E-state index contributed by atoms with van der Waals surface area (Å²) in [6.07, 6.45) is 1.00. The first kappa shape index (κ1) is 11.8. The third kappa shape index (κ3) is 2.61. The highest BCUT2D eigenvalue weighted by atomic mass is 16.1. The lowest BCUT2D eigenvalue weighted by atomic mass is 10.1. The van der Waals surface area contributed by atoms with Crippen LogP contribution in [0.4, 0.5) is 5.69 Å². The molecule has 3 heteroatoms. The Hall–Kier alpha value is -1.25. The van der Waals surface area contributed by atoms with Crippen molar-refractivity contribution in [3.05, 3.63) is 27.7 Å². The van der Waals surface area contributed by atoms with Crippen molar-refractivity contribution in [1.82, 2.24) is 4.57 Å². The summed E-state index contributed by atoms with van der Waals surface area (Å²) < 4.78 is 1.77. The topological polar surface area (TPSA) is 48.0 Å². The van der Waals surface area contributed by atoms with E-state index in [0.717, 1.165) is 24.2 Å². The molecule has 0 saturated heterocycles. The van der Waals surface area contributed by atoms with Gasteiger partial charge in [-0.05, 0) is 37.8 Å². The zero-order valence-corrected chi connectivity index (χ0v) is 10.0. The van der Waals surface area contributed by atoms with Crippen molar-refractivity contribution in [2.24, 2.45) is 5.92 Å². The van der Waals surface area contributed by atoms with Gasteiger partial charge in [0.25, 0.3) is 5.56 Å². The number of pyridine rings is 1. The van der Waals surface area contributed by atoms with Gasteiger partial charge in [-0.15, -0.1) is 0 Å². The van der Waals surface area contributed by atoms with E-state index in [1.54, 1.807) is 4.57 Å². The molecule has 1 aromatic heterocycles. The van der Waals surface area contributed by atoms with Crippen molar-refractivity contribution < 1.29 is 0 Å². The predicted molar refractivity (Wildman–Crippen MR) is 64.0 cm³/mol. The van der Waals surface area contributed by atoms with Crippen LogP contribution in [0.1, 0.15) is 31.5 Å². The summed E-state index contributed by atoms with van der Waals surface area (Å²) in [7, 11) is 0. The molecule has 3 nitrogen and oxygen atoms in total. The van der Waals surface area contributed by atoms with Gasteiger partial charge in [0, 0.05) is 12.2 Å². The molecule has 0 spiro atoms. The van der Waals surface area contributed by atoms with Gasteiger partial charge in [-0.1, -0.05) is 13.8 Å². The first-order chi connectivity index (χ1) is 6.93. The van der Waals surface area contributed by atoms with E-state index in [4.69, 9.17) is 5.73 Å². The van der Waals surface area contributed by atoms with Crippen molar-refractivity contribution in [3.63, 3.8) is 0 Å². The lowest BCUT2D eigenvalue weighted by Crippen LogP contribution is -2.26. The fourth-order valence-corrected chi connectivity index (χ4v) is 1.61. The number of aromatic nitrogens is 1. The second-order valence-corrected chi connectivity index (χ2v) is 4.52. The van der Waals surface area contributed by atoms with Crippen LogP contribution in [0, 0.1) is 19.8 Å². The van der Waals surface area contributed by atoms with Crippen molar-refractivity contribution in [3.8, 4) is 0 Å². The van der Waals surface area contributed by atoms with Gasteiger partial charge in [0.15, 0.2) is 0 Å². The summed E-state index contributed by atoms with van der Waals surface area (Å²) in [5, 5.41) is 0. The van der Waals surface area contributed by atoms with E-state index in [1.165, 1.54) is 0 Å². The van der Waals surface area contributed by atoms with Crippen LogP contribution >= 0.6 is 0 Å². The van der Waals surface area contributed by atoms with E-state index in [2.05, 4.69) is 13.8 Å². The molecule has 0 aliphatic heterocycles. The molecule has 0 aliphatic carbocycles. The lowest BCUT2D eigenvalue weighted by molar-refractivity contribution is 0.502. The molecule has 1 aromatic rings. The summed E-state index contributed by atoms with van der Waals surface area (Å²) in [5.41, 5.74) is 7.92. The Bertz CT molecular complexity index is 405. The molecule has 0 aromatic carbocycles. The standard InChI is InChI=1S/C12H20N2O/c1-8(2)5-6-14-10(4)7-9(3)11(13)12(14)15/h7-8H,5-6,13H2,1-4H3. The Kier molecular flexibility index (Phi) is 3.56. The normalized spacial score (nSPS) is 11.0. The molecule has 0 bridgehead atoms. The van der Waals surface area contributed by atoms with Gasteiger partial charge in [0.2, 0.25) is 0 Å². The van der Waals surface area contributed by atoms with E-state index in [1.807, 2.05) is 19.9 Å². The second kappa shape index (κ2) is 4.51. The minimum atomic E-state index is -0.0480. The third-order valence-electron chi connectivity index (χ3n) is 2.68. The molecule has 1 heterocycles. The molecule has 0 unspecified atom stereocenters. The molecule has 15 heavy (non-hydrogen) atoms. The Morgan fingerprint density at radius 2 is 2.00 bits per heavy atom. The number of nitrogens with zero attached hydrogens (tertiary/aromatic N) is 1. The molecule has 0 radical (unpaired) electrons. The van der Waals surface area contributed by atoms with Crippen molar-refractivity contribution in [2.45, 2.75) is 40.7 Å². The predicted octanol–water partition coefficient (Wildman–Crippen LogP) is 2.09. The molecule has 2 N–H and O–H groups in total. The van der Waals surface area contributed by atoms with Gasteiger partial charge in [-0.2, -0.15) is 0 Å². The molecule has 0 saturated carbocycles. The van der Waals surface area contributed by atoms with E-state index in [9.17, 15) is 4.79 Å². The Morgan fingerprint density at radius 1 is 1.40 bits per heavy atom. The van der Waals surface area contributed by atoms with E-state index in [0.29, 0.717) is 11.6 Å².